The molecule has 18 heteroatoms. The van der Waals surface area contributed by atoms with Crippen LogP contribution in [-0.4, -0.2) is 42.3 Å². The highest BCUT2D eigenvalue weighted by atomic mass is 16.6. The van der Waals surface area contributed by atoms with E-state index in [1.807, 2.05) is 0 Å². The maximum atomic E-state index is 11.3. The zero-order valence-corrected chi connectivity index (χ0v) is 19.8. The fraction of sp³-hybridized carbons (Fsp3) is 0. The van der Waals surface area contributed by atoms with E-state index >= 15 is 0 Å². The van der Waals surface area contributed by atoms with Crippen molar-refractivity contribution in [3.8, 4) is 0 Å². The maximum absolute atomic E-state index is 11.3. The maximum Gasteiger partial charge on any atom is 0.285 e. The number of hydrogen-bond donors (Lipinski definition) is 2. The van der Waals surface area contributed by atoms with Gasteiger partial charge in [0.2, 0.25) is 0 Å². The van der Waals surface area contributed by atoms with E-state index in [1.54, 1.807) is 24.3 Å². The molecule has 0 aliphatic rings. The van der Waals surface area contributed by atoms with E-state index in [4.69, 9.17) is 0 Å². The number of hydrazone groups is 2. The summed E-state index contributed by atoms with van der Waals surface area (Å²) in [4.78, 5) is 42.2. The largest absolute Gasteiger partial charge is 0.285 e. The van der Waals surface area contributed by atoms with Crippen molar-refractivity contribution < 1.29 is 19.7 Å². The van der Waals surface area contributed by atoms with Crippen LogP contribution in [-0.2, 0) is 0 Å². The monoisotopic (exact) mass is 546 g/mol. The van der Waals surface area contributed by atoms with E-state index in [1.165, 1.54) is 12.1 Å². The van der Waals surface area contributed by atoms with Crippen LogP contribution in [0, 0.1) is 40.5 Å². The predicted molar refractivity (Wildman–Crippen MR) is 141 cm³/mol. The molecule has 0 fully saturated rings. The number of aromatic nitrogens is 2. The van der Waals surface area contributed by atoms with Gasteiger partial charge in [0.25, 0.3) is 22.7 Å². The molecule has 4 rings (SSSR count). The Morgan fingerprint density at radius 2 is 0.875 bits per heavy atom. The van der Waals surface area contributed by atoms with E-state index in [9.17, 15) is 40.5 Å². The summed E-state index contributed by atoms with van der Waals surface area (Å²) in [6.07, 6.45) is 1.84. The number of fused-ring (bicyclic) bond motifs is 1. The Bertz CT molecular complexity index is 1550. The number of anilines is 2. The van der Waals surface area contributed by atoms with Crippen molar-refractivity contribution in [2.45, 2.75) is 0 Å². The highest BCUT2D eigenvalue weighted by Crippen LogP contribution is 2.29. The van der Waals surface area contributed by atoms with Gasteiger partial charge in [-0.15, -0.1) is 10.2 Å². The van der Waals surface area contributed by atoms with Crippen LogP contribution in [0.2, 0.25) is 0 Å². The minimum atomic E-state index is -0.775. The predicted octanol–water partition coefficient (Wildman–Crippen LogP) is 4.15. The summed E-state index contributed by atoms with van der Waals surface area (Å²) in [5.41, 5.74) is 2.35. The normalized spacial score (nSPS) is 11.1. The van der Waals surface area contributed by atoms with Crippen molar-refractivity contribution in [2.75, 3.05) is 10.9 Å². The summed E-state index contributed by atoms with van der Waals surface area (Å²) < 4.78 is 0. The number of hydrogen-bond acceptors (Lipinski definition) is 14. The molecule has 40 heavy (non-hydrogen) atoms. The third-order valence-corrected chi connectivity index (χ3v) is 5.32. The first-order valence-corrected chi connectivity index (χ1v) is 10.9. The molecule has 2 N–H and O–H groups in total. The SMILES string of the molecule is O=[N+]([O-])c1cccc([N+](=O)[O-])c1/C=N/Nc1nnc(N/N=C/c2c([N+](=O)[O-])cccc2[N+](=O)[O-])c2ccccc12. The van der Waals surface area contributed by atoms with Gasteiger partial charge in [0.1, 0.15) is 11.1 Å². The van der Waals surface area contributed by atoms with Gasteiger partial charge < -0.3 is 0 Å². The average molecular weight is 546 g/mol. The highest BCUT2D eigenvalue weighted by Gasteiger charge is 2.24. The molecular weight excluding hydrogens is 532 g/mol. The van der Waals surface area contributed by atoms with Crippen LogP contribution >= 0.6 is 0 Å². The van der Waals surface area contributed by atoms with Crippen molar-refractivity contribution in [3.05, 3.63) is 112 Å². The molecule has 0 radical (unpaired) electrons. The Morgan fingerprint density at radius 1 is 0.550 bits per heavy atom. The molecule has 0 saturated heterocycles. The molecule has 0 bridgehead atoms. The van der Waals surface area contributed by atoms with E-state index in [0.717, 1.165) is 36.7 Å². The summed E-state index contributed by atoms with van der Waals surface area (Å²) in [5.74, 6) is 0.161. The van der Waals surface area contributed by atoms with Crippen LogP contribution in [0.1, 0.15) is 11.1 Å². The third kappa shape index (κ3) is 5.44. The quantitative estimate of drug-likeness (QED) is 0.162. The Hall–Kier alpha value is -6.46. The van der Waals surface area contributed by atoms with E-state index < -0.39 is 42.4 Å². The molecule has 0 atom stereocenters. The minimum Gasteiger partial charge on any atom is -0.259 e. The summed E-state index contributed by atoms with van der Waals surface area (Å²) in [6.45, 7) is 0. The highest BCUT2D eigenvalue weighted by molar-refractivity contribution is 5.99. The second-order valence-electron chi connectivity index (χ2n) is 7.63. The molecule has 18 nitrogen and oxygen atoms in total. The van der Waals surface area contributed by atoms with Crippen molar-refractivity contribution in [1.29, 1.82) is 0 Å². The zero-order valence-electron chi connectivity index (χ0n) is 19.8. The van der Waals surface area contributed by atoms with Crippen LogP contribution in [0.25, 0.3) is 10.8 Å². The van der Waals surface area contributed by atoms with Crippen molar-refractivity contribution in [2.24, 2.45) is 10.2 Å². The van der Waals surface area contributed by atoms with Gasteiger partial charge in [0.05, 0.1) is 32.1 Å². The minimum absolute atomic E-state index is 0.0805. The number of nitrogens with zero attached hydrogens (tertiary/aromatic N) is 8. The first-order chi connectivity index (χ1) is 19.2. The molecule has 3 aromatic carbocycles. The van der Waals surface area contributed by atoms with Gasteiger partial charge in [-0.3, -0.25) is 51.3 Å². The molecule has 0 saturated carbocycles. The number of benzene rings is 3. The van der Waals surface area contributed by atoms with Crippen LogP contribution in [0.5, 0.6) is 0 Å². The van der Waals surface area contributed by atoms with Gasteiger partial charge in [-0.1, -0.05) is 24.3 Å². The standard InChI is InChI=1S/C22H14N10O8/c33-29(34)17-7-3-8-18(30(35)36)15(17)11-23-25-21-13-5-1-2-6-14(13)22(28-27-21)26-24-12-16-19(31(37)38)9-4-10-20(16)32(39)40/h1-12H,(H,25,27)(H,26,28)/b23-11+,24-12+. The molecule has 0 amide bonds. The van der Waals surface area contributed by atoms with Gasteiger partial charge in [-0.25, -0.2) is 0 Å². The smallest absolute Gasteiger partial charge is 0.259 e. The third-order valence-electron chi connectivity index (χ3n) is 5.32. The van der Waals surface area contributed by atoms with Crippen molar-refractivity contribution in [1.82, 2.24) is 10.2 Å². The van der Waals surface area contributed by atoms with Gasteiger partial charge in [0.15, 0.2) is 11.6 Å². The lowest BCUT2D eigenvalue weighted by Crippen LogP contribution is -2.04. The molecule has 1 aromatic heterocycles. The van der Waals surface area contributed by atoms with Gasteiger partial charge in [-0.2, -0.15) is 10.2 Å². The summed E-state index contributed by atoms with van der Waals surface area (Å²) in [6, 6.07) is 13.3. The average Bonchev–Trinajstić information content (AvgIpc) is 2.93. The molecule has 4 aromatic rings. The lowest BCUT2D eigenvalue weighted by molar-refractivity contribution is -0.394. The summed E-state index contributed by atoms with van der Waals surface area (Å²) in [5, 5.41) is 61.8. The van der Waals surface area contributed by atoms with Crippen molar-refractivity contribution >= 4 is 57.6 Å². The molecule has 0 aliphatic heterocycles. The van der Waals surface area contributed by atoms with E-state index in [-0.39, 0.29) is 22.8 Å². The number of nitrogens with one attached hydrogen (secondary N) is 2. The first kappa shape index (κ1) is 26.6. The van der Waals surface area contributed by atoms with Crippen LogP contribution in [0.4, 0.5) is 34.4 Å². The fourth-order valence-corrected chi connectivity index (χ4v) is 3.57. The number of nitro groups is 4. The molecule has 0 spiro atoms. The molecule has 0 aliphatic carbocycles. The van der Waals surface area contributed by atoms with E-state index in [0.29, 0.717) is 10.8 Å². The van der Waals surface area contributed by atoms with Gasteiger partial charge >= 0.3 is 0 Å². The van der Waals surface area contributed by atoms with Crippen LogP contribution in [0.3, 0.4) is 0 Å². The zero-order chi connectivity index (χ0) is 28.8. The molecule has 200 valence electrons. The molecule has 1 heterocycles. The second kappa shape index (κ2) is 11.3. The topological polar surface area (TPSA) is 247 Å². The van der Waals surface area contributed by atoms with Gasteiger partial charge in [0, 0.05) is 35.0 Å². The van der Waals surface area contributed by atoms with Crippen molar-refractivity contribution in [3.63, 3.8) is 0 Å². The Balaban J connectivity index is 1.64. The number of rotatable bonds is 10. The molecule has 0 unspecified atom stereocenters. The lowest BCUT2D eigenvalue weighted by Gasteiger charge is -2.08. The Kier molecular flexibility index (Phi) is 7.51. The summed E-state index contributed by atoms with van der Waals surface area (Å²) >= 11 is 0. The first-order valence-electron chi connectivity index (χ1n) is 10.9. The number of nitro benzene ring substituents is 4. The van der Waals surface area contributed by atoms with Crippen LogP contribution in [0.15, 0.2) is 70.9 Å². The van der Waals surface area contributed by atoms with Crippen LogP contribution < -0.4 is 10.9 Å². The Morgan fingerprint density at radius 3 is 1.18 bits per heavy atom. The molecular formula is C22H14N10O8. The summed E-state index contributed by atoms with van der Waals surface area (Å²) in [7, 11) is 0. The van der Waals surface area contributed by atoms with Gasteiger partial charge in [-0.05, 0) is 12.1 Å². The fourth-order valence-electron chi connectivity index (χ4n) is 3.57. The van der Waals surface area contributed by atoms with E-state index in [2.05, 4.69) is 31.3 Å². The lowest BCUT2D eigenvalue weighted by atomic mass is 10.1. The Labute approximate surface area is 221 Å². The second-order valence-corrected chi connectivity index (χ2v) is 7.63.